The minimum atomic E-state index is -0.573. The van der Waals surface area contributed by atoms with Crippen molar-refractivity contribution in [3.8, 4) is 17.2 Å². The average Bonchev–Trinajstić information content (AvgIpc) is 2.75. The zero-order valence-corrected chi connectivity index (χ0v) is 17.6. The van der Waals surface area contributed by atoms with E-state index in [4.69, 9.17) is 25.8 Å². The van der Waals surface area contributed by atoms with Gasteiger partial charge in [-0.2, -0.15) is 0 Å². The summed E-state index contributed by atoms with van der Waals surface area (Å²) in [7, 11) is 1.44. The molecule has 30 heavy (non-hydrogen) atoms. The highest BCUT2D eigenvalue weighted by Gasteiger charge is 2.26. The monoisotopic (exact) mass is 434 g/mol. The Bertz CT molecular complexity index is 934. The Morgan fingerprint density at radius 3 is 2.70 bits per heavy atom. The van der Waals surface area contributed by atoms with Crippen molar-refractivity contribution in [2.75, 3.05) is 26.8 Å². The predicted octanol–water partition coefficient (Wildman–Crippen LogP) is 4.69. The third kappa shape index (κ3) is 5.01. The zero-order valence-electron chi connectivity index (χ0n) is 16.8. The smallest absolute Gasteiger partial charge is 0.313 e. The summed E-state index contributed by atoms with van der Waals surface area (Å²) in [5.74, 6) is 0.452. The van der Waals surface area contributed by atoms with Gasteiger partial charge >= 0.3 is 5.69 Å². The molecule has 1 atom stereocenters. The molecule has 160 valence electrons. The summed E-state index contributed by atoms with van der Waals surface area (Å²) in [5.41, 5.74) is 0.182. The summed E-state index contributed by atoms with van der Waals surface area (Å²) in [4.78, 5) is 25.4. The number of piperidine rings is 1. The lowest BCUT2D eigenvalue weighted by Crippen LogP contribution is -2.43. The Morgan fingerprint density at radius 1 is 1.23 bits per heavy atom. The number of nitrogens with zero attached hydrogens (tertiary/aromatic N) is 2. The largest absolute Gasteiger partial charge is 0.493 e. The van der Waals surface area contributed by atoms with E-state index in [1.807, 2.05) is 6.92 Å². The number of methoxy groups -OCH3 is 1. The van der Waals surface area contributed by atoms with Gasteiger partial charge in [-0.05, 0) is 50.1 Å². The zero-order chi connectivity index (χ0) is 21.7. The summed E-state index contributed by atoms with van der Waals surface area (Å²) in [6.07, 6.45) is 1.87. The molecule has 0 saturated carbocycles. The standard InChI is InChI=1S/C21H23ClN2O6/c1-3-29-16-5-4-10-23(13-16)21(25)14-6-8-19(20(11-14)28-2)30-18-9-7-15(22)12-17(18)24(26)27/h6-9,11-12,16H,3-5,10,13H2,1-2H3. The highest BCUT2D eigenvalue weighted by Crippen LogP contribution is 2.38. The summed E-state index contributed by atoms with van der Waals surface area (Å²) in [6.45, 7) is 3.77. The van der Waals surface area contributed by atoms with Crippen LogP contribution in [0.2, 0.25) is 5.02 Å². The Labute approximate surface area is 179 Å². The lowest BCUT2D eigenvalue weighted by Gasteiger charge is -2.32. The van der Waals surface area contributed by atoms with Crippen molar-refractivity contribution in [2.45, 2.75) is 25.9 Å². The fourth-order valence-corrected chi connectivity index (χ4v) is 3.57. The van der Waals surface area contributed by atoms with Gasteiger partial charge in [0.25, 0.3) is 5.91 Å². The van der Waals surface area contributed by atoms with Gasteiger partial charge in [0.1, 0.15) is 0 Å². The van der Waals surface area contributed by atoms with Crippen LogP contribution in [-0.4, -0.2) is 48.6 Å². The van der Waals surface area contributed by atoms with Crippen LogP contribution in [0, 0.1) is 10.1 Å². The fourth-order valence-electron chi connectivity index (χ4n) is 3.40. The van der Waals surface area contributed by atoms with Crippen molar-refractivity contribution in [1.29, 1.82) is 0 Å². The number of ether oxygens (including phenoxy) is 3. The number of hydrogen-bond acceptors (Lipinski definition) is 6. The van der Waals surface area contributed by atoms with Gasteiger partial charge in [0.05, 0.1) is 18.1 Å². The lowest BCUT2D eigenvalue weighted by molar-refractivity contribution is -0.385. The first-order chi connectivity index (χ1) is 14.4. The van der Waals surface area contributed by atoms with E-state index < -0.39 is 4.92 Å². The van der Waals surface area contributed by atoms with Crippen molar-refractivity contribution in [3.63, 3.8) is 0 Å². The molecule has 3 rings (SSSR count). The van der Waals surface area contributed by atoms with E-state index in [0.29, 0.717) is 31.0 Å². The molecule has 2 aromatic rings. The Kier molecular flexibility index (Phi) is 7.12. The maximum Gasteiger partial charge on any atom is 0.313 e. The van der Waals surface area contributed by atoms with Gasteiger partial charge in [0, 0.05) is 36.3 Å². The van der Waals surface area contributed by atoms with E-state index in [1.54, 1.807) is 23.1 Å². The molecule has 1 amide bonds. The number of nitro benzene ring substituents is 1. The van der Waals surface area contributed by atoms with Crippen molar-refractivity contribution < 1.29 is 23.9 Å². The van der Waals surface area contributed by atoms with Crippen molar-refractivity contribution in [2.24, 2.45) is 0 Å². The molecule has 8 nitrogen and oxygen atoms in total. The minimum absolute atomic E-state index is 0.0253. The summed E-state index contributed by atoms with van der Waals surface area (Å²) in [6, 6.07) is 8.89. The first-order valence-corrected chi connectivity index (χ1v) is 10.0. The Morgan fingerprint density at radius 2 is 2.00 bits per heavy atom. The van der Waals surface area contributed by atoms with Crippen LogP contribution in [0.3, 0.4) is 0 Å². The number of nitro groups is 1. The second-order valence-corrected chi connectivity index (χ2v) is 7.24. The van der Waals surface area contributed by atoms with Crippen LogP contribution in [0.25, 0.3) is 0 Å². The number of hydrogen-bond donors (Lipinski definition) is 0. The Hall–Kier alpha value is -2.84. The van der Waals surface area contributed by atoms with Gasteiger partial charge < -0.3 is 19.1 Å². The van der Waals surface area contributed by atoms with Crippen LogP contribution >= 0.6 is 11.6 Å². The fraction of sp³-hybridized carbons (Fsp3) is 0.381. The lowest BCUT2D eigenvalue weighted by atomic mass is 10.1. The number of halogens is 1. The number of rotatable bonds is 7. The quantitative estimate of drug-likeness (QED) is 0.463. The van der Waals surface area contributed by atoms with Gasteiger partial charge in [0.15, 0.2) is 11.5 Å². The van der Waals surface area contributed by atoms with Crippen LogP contribution in [0.4, 0.5) is 5.69 Å². The molecule has 1 aliphatic heterocycles. The van der Waals surface area contributed by atoms with Gasteiger partial charge in [-0.1, -0.05) is 11.6 Å². The third-order valence-electron chi connectivity index (χ3n) is 4.82. The van der Waals surface area contributed by atoms with E-state index in [1.165, 1.54) is 25.3 Å². The maximum atomic E-state index is 12.9. The highest BCUT2D eigenvalue weighted by molar-refractivity contribution is 6.30. The molecule has 0 spiro atoms. The summed E-state index contributed by atoms with van der Waals surface area (Å²) >= 11 is 5.85. The molecular weight excluding hydrogens is 412 g/mol. The first kappa shape index (κ1) is 21.9. The van der Waals surface area contributed by atoms with Crippen LogP contribution in [0.5, 0.6) is 17.2 Å². The molecule has 1 aliphatic rings. The molecule has 1 unspecified atom stereocenters. The SMILES string of the molecule is CCOC1CCCN(C(=O)c2ccc(Oc3ccc(Cl)cc3[N+](=O)[O-])c(OC)c2)C1. The van der Waals surface area contributed by atoms with Crippen LogP contribution in [0.1, 0.15) is 30.1 Å². The molecule has 9 heteroatoms. The minimum Gasteiger partial charge on any atom is -0.493 e. The van der Waals surface area contributed by atoms with Crippen LogP contribution < -0.4 is 9.47 Å². The normalized spacial score (nSPS) is 16.2. The number of carbonyl (C=O) groups excluding carboxylic acids is 1. The molecule has 1 heterocycles. The number of benzene rings is 2. The van der Waals surface area contributed by atoms with Gasteiger partial charge in [-0.3, -0.25) is 14.9 Å². The predicted molar refractivity (Wildman–Crippen MR) is 112 cm³/mol. The number of likely N-dealkylation sites (tertiary alicyclic amines) is 1. The van der Waals surface area contributed by atoms with E-state index >= 15 is 0 Å². The number of amides is 1. The van der Waals surface area contributed by atoms with E-state index in [-0.39, 0.29) is 34.2 Å². The van der Waals surface area contributed by atoms with Crippen molar-refractivity contribution >= 4 is 23.2 Å². The first-order valence-electron chi connectivity index (χ1n) is 9.63. The highest BCUT2D eigenvalue weighted by atomic mass is 35.5. The molecule has 2 aromatic carbocycles. The molecule has 0 aromatic heterocycles. The Balaban J connectivity index is 1.82. The van der Waals surface area contributed by atoms with Gasteiger partial charge in [-0.15, -0.1) is 0 Å². The molecule has 1 saturated heterocycles. The summed E-state index contributed by atoms with van der Waals surface area (Å²) < 4.78 is 16.7. The van der Waals surface area contributed by atoms with Crippen LogP contribution in [-0.2, 0) is 4.74 Å². The summed E-state index contributed by atoms with van der Waals surface area (Å²) in [5, 5.41) is 11.5. The average molecular weight is 435 g/mol. The molecule has 0 bridgehead atoms. The second-order valence-electron chi connectivity index (χ2n) is 6.81. The van der Waals surface area contributed by atoms with Gasteiger partial charge in [0.2, 0.25) is 5.75 Å². The number of carbonyl (C=O) groups is 1. The van der Waals surface area contributed by atoms with Crippen LogP contribution in [0.15, 0.2) is 36.4 Å². The molecule has 0 N–H and O–H groups in total. The van der Waals surface area contributed by atoms with E-state index in [0.717, 1.165) is 12.8 Å². The molecule has 1 fully saturated rings. The second kappa shape index (κ2) is 9.77. The van der Waals surface area contributed by atoms with Crippen molar-refractivity contribution in [1.82, 2.24) is 4.90 Å². The molecular formula is C21H23ClN2O6. The maximum absolute atomic E-state index is 12.9. The topological polar surface area (TPSA) is 91.1 Å². The third-order valence-corrected chi connectivity index (χ3v) is 5.05. The van der Waals surface area contributed by atoms with E-state index in [9.17, 15) is 14.9 Å². The molecule has 0 radical (unpaired) electrons. The molecule has 0 aliphatic carbocycles. The van der Waals surface area contributed by atoms with E-state index in [2.05, 4.69) is 0 Å². The van der Waals surface area contributed by atoms with Crippen molar-refractivity contribution in [3.05, 3.63) is 57.1 Å². The van der Waals surface area contributed by atoms with Gasteiger partial charge in [-0.25, -0.2) is 0 Å².